The number of aromatic nitrogens is 2. The molecule has 218 valence electrons. The number of para-hydroxylation sites is 1. The van der Waals surface area contributed by atoms with Crippen LogP contribution in [0.25, 0.3) is 21.8 Å². The summed E-state index contributed by atoms with van der Waals surface area (Å²) < 4.78 is 8.20. The number of piperidine rings is 2. The molecule has 7 heterocycles. The van der Waals surface area contributed by atoms with Crippen molar-refractivity contribution in [3.63, 3.8) is 0 Å². The van der Waals surface area contributed by atoms with Crippen molar-refractivity contribution in [1.29, 1.82) is 0 Å². The summed E-state index contributed by atoms with van der Waals surface area (Å²) in [6, 6.07) is 13.3. The monoisotopic (exact) mass is 564 g/mol. The first-order valence-corrected chi connectivity index (χ1v) is 16.1. The van der Waals surface area contributed by atoms with Gasteiger partial charge in [0.1, 0.15) is 11.2 Å². The summed E-state index contributed by atoms with van der Waals surface area (Å²) in [4.78, 5) is 20.6. The number of benzene rings is 2. The van der Waals surface area contributed by atoms with Crippen molar-refractivity contribution in [3.8, 4) is 5.75 Å². The highest BCUT2D eigenvalue weighted by Crippen LogP contribution is 2.56. The van der Waals surface area contributed by atoms with Gasteiger partial charge in [0, 0.05) is 58.4 Å². The SMILES string of the molecule is CC[C@H]1C[C@H]2CN3CCc4c([nH]c5c([C@H]6CC[C@H]7NCCc8c7n6c6ccccc86)c(O)ccc45)[C@](C(=O)OC)(C2)[C@H]13. The van der Waals surface area contributed by atoms with Gasteiger partial charge in [-0.2, -0.15) is 0 Å². The van der Waals surface area contributed by atoms with Crippen molar-refractivity contribution in [3.05, 3.63) is 64.5 Å². The minimum absolute atomic E-state index is 0.0116. The molecule has 0 radical (unpaired) electrons. The Morgan fingerprint density at radius 1 is 1.12 bits per heavy atom. The van der Waals surface area contributed by atoms with Crippen LogP contribution in [-0.4, -0.2) is 58.3 Å². The lowest BCUT2D eigenvalue weighted by molar-refractivity contribution is -0.162. The second-order valence-electron chi connectivity index (χ2n) is 13.6. The van der Waals surface area contributed by atoms with Crippen LogP contribution < -0.4 is 5.32 Å². The second-order valence-corrected chi connectivity index (χ2v) is 13.6. The van der Waals surface area contributed by atoms with Gasteiger partial charge in [0.15, 0.2) is 0 Å². The predicted molar refractivity (Wildman–Crippen MR) is 163 cm³/mol. The van der Waals surface area contributed by atoms with Gasteiger partial charge in [0.05, 0.1) is 18.7 Å². The summed E-state index contributed by atoms with van der Waals surface area (Å²) >= 11 is 0. The molecule has 7 nitrogen and oxygen atoms in total. The van der Waals surface area contributed by atoms with Gasteiger partial charge in [-0.25, -0.2) is 0 Å². The molecule has 42 heavy (non-hydrogen) atoms. The molecule has 1 aliphatic carbocycles. The van der Waals surface area contributed by atoms with E-state index in [0.29, 0.717) is 23.6 Å². The Balaban J connectivity index is 1.30. The number of H-pyrrole nitrogens is 1. The zero-order valence-electron chi connectivity index (χ0n) is 24.6. The number of phenols is 1. The normalized spacial score (nSPS) is 32.9. The van der Waals surface area contributed by atoms with Gasteiger partial charge in [-0.15, -0.1) is 0 Å². The summed E-state index contributed by atoms with van der Waals surface area (Å²) in [5.41, 5.74) is 7.68. The fraction of sp³-hybridized carbons (Fsp3) is 0.514. The van der Waals surface area contributed by atoms with Gasteiger partial charge in [-0.3, -0.25) is 9.69 Å². The fourth-order valence-electron chi connectivity index (χ4n) is 10.5. The number of carbonyl (C=O) groups is 1. The second kappa shape index (κ2) is 8.87. The van der Waals surface area contributed by atoms with Crippen LogP contribution in [0.15, 0.2) is 36.4 Å². The van der Waals surface area contributed by atoms with Crippen molar-refractivity contribution in [2.75, 3.05) is 26.7 Å². The number of rotatable bonds is 3. The van der Waals surface area contributed by atoms with Gasteiger partial charge in [0.2, 0.25) is 0 Å². The topological polar surface area (TPSA) is 82.5 Å². The van der Waals surface area contributed by atoms with Gasteiger partial charge < -0.3 is 24.7 Å². The lowest BCUT2D eigenvalue weighted by Gasteiger charge is -2.57. The molecule has 2 saturated heterocycles. The smallest absolute Gasteiger partial charge is 0.319 e. The number of nitrogens with zero attached hydrogens (tertiary/aromatic N) is 2. The molecule has 2 aromatic heterocycles. The highest BCUT2D eigenvalue weighted by molar-refractivity contribution is 5.95. The van der Waals surface area contributed by atoms with Crippen LogP contribution in [0.5, 0.6) is 5.75 Å². The van der Waals surface area contributed by atoms with E-state index in [1.54, 1.807) is 7.11 Å². The molecule has 5 aliphatic heterocycles. The van der Waals surface area contributed by atoms with E-state index in [2.05, 4.69) is 57.0 Å². The number of esters is 1. The van der Waals surface area contributed by atoms with E-state index in [1.807, 2.05) is 6.07 Å². The molecule has 1 unspecified atom stereocenters. The minimum Gasteiger partial charge on any atom is -0.508 e. The first-order valence-electron chi connectivity index (χ1n) is 16.1. The summed E-state index contributed by atoms with van der Waals surface area (Å²) in [5, 5.41) is 17.9. The molecule has 1 saturated carbocycles. The lowest BCUT2D eigenvalue weighted by Crippen LogP contribution is -2.67. The number of carbonyl (C=O) groups excluding carboxylic acids is 1. The van der Waals surface area contributed by atoms with Crippen molar-refractivity contribution in [1.82, 2.24) is 19.8 Å². The van der Waals surface area contributed by atoms with E-state index in [9.17, 15) is 9.90 Å². The number of phenolic OH excluding ortho intramolecular Hbond substituents is 1. The number of hydrogen-bond acceptors (Lipinski definition) is 5. The maximum Gasteiger partial charge on any atom is 0.319 e. The first-order chi connectivity index (χ1) is 20.5. The average Bonchev–Trinajstić information content (AvgIpc) is 3.54. The van der Waals surface area contributed by atoms with Crippen molar-refractivity contribution >= 4 is 27.8 Å². The van der Waals surface area contributed by atoms with Gasteiger partial charge >= 0.3 is 5.97 Å². The minimum atomic E-state index is -0.699. The van der Waals surface area contributed by atoms with Crippen LogP contribution in [0.3, 0.4) is 0 Å². The van der Waals surface area contributed by atoms with E-state index < -0.39 is 5.41 Å². The molecular weight excluding hydrogens is 524 g/mol. The highest BCUT2D eigenvalue weighted by Gasteiger charge is 2.62. The fourth-order valence-corrected chi connectivity index (χ4v) is 10.5. The Hall–Kier alpha value is -3.29. The van der Waals surface area contributed by atoms with Crippen LogP contribution in [0, 0.1) is 11.8 Å². The average molecular weight is 565 g/mol. The van der Waals surface area contributed by atoms with Crippen LogP contribution in [-0.2, 0) is 27.8 Å². The summed E-state index contributed by atoms with van der Waals surface area (Å²) in [6.45, 7) is 5.32. The Bertz CT molecular complexity index is 1770. The lowest BCUT2D eigenvalue weighted by atomic mass is 9.56. The largest absolute Gasteiger partial charge is 0.508 e. The van der Waals surface area contributed by atoms with Crippen molar-refractivity contribution in [2.24, 2.45) is 11.8 Å². The van der Waals surface area contributed by atoms with Crippen molar-refractivity contribution < 1.29 is 14.6 Å². The molecule has 3 N–H and O–H groups in total. The Morgan fingerprint density at radius 2 is 2.00 bits per heavy atom. The Morgan fingerprint density at radius 3 is 2.86 bits per heavy atom. The maximum absolute atomic E-state index is 14.1. The number of aromatic hydroxyl groups is 1. The first kappa shape index (κ1) is 25.2. The standard InChI is InChI=1S/C35H40N4O3/c1-3-20-16-19-17-35(34(41)42-2)32-24(13-15-38(18-19)33(20)35)22-8-11-28(40)29(30(22)37-32)27-10-9-25-31-23(12-14-36-25)21-6-4-5-7-26(21)39(27)31/h4-8,11,19-20,25,27,33,36-37,40H,3,9-10,12-18H2,1-2H3/t19-,20+,25-,27-,33+,35-/m1/s1. The van der Waals surface area contributed by atoms with E-state index in [1.165, 1.54) is 34.1 Å². The van der Waals surface area contributed by atoms with Crippen molar-refractivity contribution in [2.45, 2.75) is 75.4 Å². The number of ether oxygens (including phenoxy) is 1. The van der Waals surface area contributed by atoms with E-state index in [4.69, 9.17) is 4.74 Å². The molecule has 6 aliphatic rings. The third kappa shape index (κ3) is 3.06. The highest BCUT2D eigenvalue weighted by atomic mass is 16.5. The predicted octanol–water partition coefficient (Wildman–Crippen LogP) is 5.49. The van der Waals surface area contributed by atoms with Gasteiger partial charge in [-0.1, -0.05) is 31.5 Å². The molecule has 0 amide bonds. The number of methoxy groups -OCH3 is 1. The number of aromatic amines is 1. The summed E-state index contributed by atoms with van der Waals surface area (Å²) in [7, 11) is 1.56. The quantitative estimate of drug-likeness (QED) is 0.287. The molecule has 10 rings (SSSR count). The van der Waals surface area contributed by atoms with E-state index in [-0.39, 0.29) is 18.1 Å². The summed E-state index contributed by atoms with van der Waals surface area (Å²) in [6.07, 6.45) is 7.01. The Kier molecular flexibility index (Phi) is 5.33. The van der Waals surface area contributed by atoms with Crippen LogP contribution >= 0.6 is 0 Å². The zero-order chi connectivity index (χ0) is 28.3. The third-order valence-corrected chi connectivity index (χ3v) is 11.9. The summed E-state index contributed by atoms with van der Waals surface area (Å²) in [5.74, 6) is 1.20. The molecule has 3 fully saturated rings. The maximum atomic E-state index is 14.1. The Labute approximate surface area is 246 Å². The van der Waals surface area contributed by atoms with Crippen LogP contribution in [0.4, 0.5) is 0 Å². The van der Waals surface area contributed by atoms with Gasteiger partial charge in [-0.05, 0) is 86.2 Å². The molecule has 2 aromatic carbocycles. The molecule has 7 atom stereocenters. The molecular formula is C35H40N4O3. The molecule has 7 heteroatoms. The third-order valence-electron chi connectivity index (χ3n) is 11.9. The zero-order valence-corrected chi connectivity index (χ0v) is 24.6. The number of hydrogen-bond donors (Lipinski definition) is 3. The van der Waals surface area contributed by atoms with Gasteiger partial charge in [0.25, 0.3) is 0 Å². The molecule has 4 aromatic rings. The van der Waals surface area contributed by atoms with Crippen LogP contribution in [0.1, 0.15) is 79.2 Å². The number of fused-ring (bicyclic) bond motifs is 7. The molecule has 0 spiro atoms. The van der Waals surface area contributed by atoms with E-state index in [0.717, 1.165) is 80.3 Å². The molecule has 4 bridgehead atoms. The number of nitrogens with one attached hydrogen (secondary N) is 2. The van der Waals surface area contributed by atoms with Crippen LogP contribution in [0.2, 0.25) is 0 Å². The van der Waals surface area contributed by atoms with E-state index >= 15 is 0 Å².